The van der Waals surface area contributed by atoms with Gasteiger partial charge >= 0.3 is 0 Å². The van der Waals surface area contributed by atoms with Crippen molar-refractivity contribution in [1.82, 2.24) is 5.06 Å². The summed E-state index contributed by atoms with van der Waals surface area (Å²) in [5.41, 5.74) is 1.73. The molecule has 0 atom stereocenters. The summed E-state index contributed by atoms with van der Waals surface area (Å²) in [5, 5.41) is 1.43. The molecule has 1 aliphatic rings. The minimum absolute atomic E-state index is 0.0584. The number of amides is 1. The summed E-state index contributed by atoms with van der Waals surface area (Å²) >= 11 is 3.38. The molecule has 0 aromatic heterocycles. The minimum Gasteiger partial charge on any atom is -0.271 e. The lowest BCUT2D eigenvalue weighted by molar-refractivity contribution is -0.0768. The molecule has 0 radical (unpaired) electrons. The summed E-state index contributed by atoms with van der Waals surface area (Å²) in [5.74, 6) is -0.0584. The van der Waals surface area contributed by atoms with Gasteiger partial charge < -0.3 is 0 Å². The topological polar surface area (TPSA) is 29.5 Å². The van der Waals surface area contributed by atoms with Crippen molar-refractivity contribution in [3.63, 3.8) is 0 Å². The molecular weight excluding hydrogens is 258 g/mol. The highest BCUT2D eigenvalue weighted by Crippen LogP contribution is 2.18. The van der Waals surface area contributed by atoms with Gasteiger partial charge in [0.15, 0.2) is 0 Å². The standard InChI is InChI=1S/C11H12BrNO2/c1-8-5-9(7-10(12)6-8)11(14)13-3-2-4-15-13/h5-7H,2-4H2,1H3. The molecule has 0 unspecified atom stereocenters. The third-order valence-corrected chi connectivity index (χ3v) is 2.73. The Balaban J connectivity index is 2.24. The van der Waals surface area contributed by atoms with Gasteiger partial charge in [0.05, 0.1) is 13.2 Å². The van der Waals surface area contributed by atoms with Gasteiger partial charge in [-0.2, -0.15) is 0 Å². The number of carbonyl (C=O) groups is 1. The maximum absolute atomic E-state index is 11.9. The molecule has 1 saturated heterocycles. The zero-order valence-corrected chi connectivity index (χ0v) is 10.1. The fourth-order valence-corrected chi connectivity index (χ4v) is 2.22. The summed E-state index contributed by atoms with van der Waals surface area (Å²) in [6.07, 6.45) is 0.915. The molecule has 15 heavy (non-hydrogen) atoms. The van der Waals surface area contributed by atoms with Crippen LogP contribution in [-0.4, -0.2) is 24.1 Å². The largest absolute Gasteiger partial charge is 0.277 e. The van der Waals surface area contributed by atoms with Crippen LogP contribution < -0.4 is 0 Å². The van der Waals surface area contributed by atoms with Gasteiger partial charge in [-0.05, 0) is 37.1 Å². The molecule has 1 aromatic carbocycles. The minimum atomic E-state index is -0.0584. The number of halogens is 1. The van der Waals surface area contributed by atoms with Crippen LogP contribution in [0.5, 0.6) is 0 Å². The molecule has 1 fully saturated rings. The van der Waals surface area contributed by atoms with E-state index in [1.54, 1.807) is 0 Å². The average Bonchev–Trinajstić information content (AvgIpc) is 2.67. The van der Waals surface area contributed by atoms with E-state index in [0.717, 1.165) is 16.5 Å². The number of hydroxylamine groups is 2. The van der Waals surface area contributed by atoms with Gasteiger partial charge in [0.25, 0.3) is 5.91 Å². The Labute approximate surface area is 97.1 Å². The second-order valence-corrected chi connectivity index (χ2v) is 4.53. The molecule has 0 aliphatic carbocycles. The van der Waals surface area contributed by atoms with E-state index in [4.69, 9.17) is 4.84 Å². The molecule has 0 saturated carbocycles. The second-order valence-electron chi connectivity index (χ2n) is 3.61. The average molecular weight is 270 g/mol. The van der Waals surface area contributed by atoms with Crippen LogP contribution in [0.4, 0.5) is 0 Å². The van der Waals surface area contributed by atoms with Crippen molar-refractivity contribution in [1.29, 1.82) is 0 Å². The first-order chi connectivity index (χ1) is 7.16. The molecule has 1 aliphatic heterocycles. The van der Waals surface area contributed by atoms with Crippen LogP contribution in [0.2, 0.25) is 0 Å². The predicted molar refractivity (Wildman–Crippen MR) is 60.5 cm³/mol. The van der Waals surface area contributed by atoms with Gasteiger partial charge in [0.1, 0.15) is 0 Å². The van der Waals surface area contributed by atoms with Crippen LogP contribution in [0, 0.1) is 6.92 Å². The third-order valence-electron chi connectivity index (χ3n) is 2.27. The van der Waals surface area contributed by atoms with E-state index in [-0.39, 0.29) is 5.91 Å². The summed E-state index contributed by atoms with van der Waals surface area (Å²) in [6, 6.07) is 5.66. The summed E-state index contributed by atoms with van der Waals surface area (Å²) in [6.45, 7) is 3.29. The van der Waals surface area contributed by atoms with E-state index in [1.807, 2.05) is 25.1 Å². The van der Waals surface area contributed by atoms with Gasteiger partial charge in [-0.3, -0.25) is 9.63 Å². The molecule has 0 N–H and O–H groups in total. The first kappa shape index (κ1) is 10.6. The first-order valence-corrected chi connectivity index (χ1v) is 5.68. The maximum atomic E-state index is 11.9. The molecule has 0 bridgehead atoms. The fraction of sp³-hybridized carbons (Fsp3) is 0.364. The SMILES string of the molecule is Cc1cc(Br)cc(C(=O)N2CCCO2)c1. The van der Waals surface area contributed by atoms with Crippen LogP contribution >= 0.6 is 15.9 Å². The highest BCUT2D eigenvalue weighted by atomic mass is 79.9. The summed E-state index contributed by atoms with van der Waals surface area (Å²) < 4.78 is 0.921. The molecule has 3 nitrogen and oxygen atoms in total. The number of benzene rings is 1. The molecular formula is C11H12BrNO2. The van der Waals surface area contributed by atoms with E-state index in [2.05, 4.69) is 15.9 Å². The van der Waals surface area contributed by atoms with Gasteiger partial charge in [-0.15, -0.1) is 0 Å². The Morgan fingerprint density at radius 1 is 1.47 bits per heavy atom. The Kier molecular flexibility index (Phi) is 3.07. The van der Waals surface area contributed by atoms with Gasteiger partial charge in [-0.1, -0.05) is 15.9 Å². The van der Waals surface area contributed by atoms with E-state index in [9.17, 15) is 4.79 Å². The van der Waals surface area contributed by atoms with Crippen LogP contribution in [-0.2, 0) is 4.84 Å². The van der Waals surface area contributed by atoms with Crippen molar-refractivity contribution in [2.24, 2.45) is 0 Å². The monoisotopic (exact) mass is 269 g/mol. The van der Waals surface area contributed by atoms with Crippen LogP contribution in [0.25, 0.3) is 0 Å². The zero-order valence-electron chi connectivity index (χ0n) is 8.50. The molecule has 1 amide bonds. The fourth-order valence-electron chi connectivity index (χ4n) is 1.61. The van der Waals surface area contributed by atoms with Crippen molar-refractivity contribution in [3.05, 3.63) is 33.8 Å². The smallest absolute Gasteiger partial charge is 0.271 e. The second kappa shape index (κ2) is 4.33. The van der Waals surface area contributed by atoms with Crippen molar-refractivity contribution >= 4 is 21.8 Å². The zero-order chi connectivity index (χ0) is 10.8. The molecule has 4 heteroatoms. The Morgan fingerprint density at radius 2 is 2.27 bits per heavy atom. The normalized spacial score (nSPS) is 15.7. The molecule has 2 rings (SSSR count). The molecule has 0 spiro atoms. The summed E-state index contributed by atoms with van der Waals surface area (Å²) in [7, 11) is 0. The van der Waals surface area contributed by atoms with Crippen LogP contribution in [0.3, 0.4) is 0 Å². The Bertz CT molecular complexity index is 366. The third kappa shape index (κ3) is 2.38. The number of rotatable bonds is 1. The quantitative estimate of drug-likeness (QED) is 0.784. The van der Waals surface area contributed by atoms with Gasteiger partial charge in [0, 0.05) is 10.0 Å². The molecule has 1 heterocycles. The van der Waals surface area contributed by atoms with Crippen molar-refractivity contribution in [2.75, 3.05) is 13.2 Å². The lowest BCUT2D eigenvalue weighted by Gasteiger charge is -2.14. The van der Waals surface area contributed by atoms with E-state index < -0.39 is 0 Å². The van der Waals surface area contributed by atoms with Gasteiger partial charge in [-0.25, -0.2) is 5.06 Å². The molecule has 80 valence electrons. The van der Waals surface area contributed by atoms with Crippen molar-refractivity contribution < 1.29 is 9.63 Å². The number of hydrogen-bond donors (Lipinski definition) is 0. The van der Waals surface area contributed by atoms with Crippen molar-refractivity contribution in [3.8, 4) is 0 Å². The van der Waals surface area contributed by atoms with E-state index in [0.29, 0.717) is 18.7 Å². The number of hydrogen-bond acceptors (Lipinski definition) is 2. The lowest BCUT2D eigenvalue weighted by Crippen LogP contribution is -2.26. The Morgan fingerprint density at radius 3 is 2.87 bits per heavy atom. The van der Waals surface area contributed by atoms with Crippen LogP contribution in [0.15, 0.2) is 22.7 Å². The first-order valence-electron chi connectivity index (χ1n) is 4.89. The number of aryl methyl sites for hydroxylation is 1. The summed E-state index contributed by atoms with van der Waals surface area (Å²) in [4.78, 5) is 17.1. The van der Waals surface area contributed by atoms with Crippen LogP contribution in [0.1, 0.15) is 22.3 Å². The lowest BCUT2D eigenvalue weighted by atomic mass is 10.1. The number of nitrogens with zero attached hydrogens (tertiary/aromatic N) is 1. The highest BCUT2D eigenvalue weighted by Gasteiger charge is 2.21. The maximum Gasteiger partial charge on any atom is 0.277 e. The van der Waals surface area contributed by atoms with E-state index >= 15 is 0 Å². The number of carbonyl (C=O) groups excluding carboxylic acids is 1. The van der Waals surface area contributed by atoms with Gasteiger partial charge in [0.2, 0.25) is 0 Å². The van der Waals surface area contributed by atoms with E-state index in [1.165, 1.54) is 5.06 Å². The predicted octanol–water partition coefficient (Wildman–Crippen LogP) is 2.54. The highest BCUT2D eigenvalue weighted by molar-refractivity contribution is 9.10. The molecule has 1 aromatic rings. The Hall–Kier alpha value is -0.870. The van der Waals surface area contributed by atoms with Crippen molar-refractivity contribution in [2.45, 2.75) is 13.3 Å².